The summed E-state index contributed by atoms with van der Waals surface area (Å²) in [6.07, 6.45) is 13.1. The number of aliphatic hydroxyl groups is 1. The maximum Gasteiger partial charge on any atom is 0.122 e. The molecular formula is C33H48O3. The highest BCUT2D eigenvalue weighted by Crippen LogP contribution is 2.41. The zero-order valence-electron chi connectivity index (χ0n) is 23.5. The average Bonchev–Trinajstić information content (AvgIpc) is 2.88. The fraction of sp³-hybridized carbons (Fsp3) is 0.545. The zero-order chi connectivity index (χ0) is 26.6. The molecule has 36 heavy (non-hydrogen) atoms. The van der Waals surface area contributed by atoms with Crippen molar-refractivity contribution < 1.29 is 14.6 Å². The number of aryl methyl sites for hydroxylation is 2. The predicted molar refractivity (Wildman–Crippen MR) is 153 cm³/mol. The van der Waals surface area contributed by atoms with Crippen molar-refractivity contribution in [1.82, 2.24) is 0 Å². The molecule has 0 aliphatic carbocycles. The Balaban J connectivity index is 2.26. The Labute approximate surface area is 220 Å². The summed E-state index contributed by atoms with van der Waals surface area (Å²) in [5.74, 6) is 0.947. The van der Waals surface area contributed by atoms with E-state index in [1.54, 1.807) is 0 Å². The Morgan fingerprint density at radius 2 is 1.53 bits per heavy atom. The van der Waals surface area contributed by atoms with Gasteiger partial charge in [0.15, 0.2) is 0 Å². The van der Waals surface area contributed by atoms with E-state index in [0.29, 0.717) is 13.0 Å². The third-order valence-corrected chi connectivity index (χ3v) is 7.85. The number of unbranched alkanes of at least 4 members (excludes halogenated alkanes) is 3. The monoisotopic (exact) mass is 492 g/mol. The Morgan fingerprint density at radius 3 is 2.08 bits per heavy atom. The van der Waals surface area contributed by atoms with Gasteiger partial charge in [-0.3, -0.25) is 0 Å². The Morgan fingerprint density at radius 1 is 0.861 bits per heavy atom. The number of hydrogen-bond donors (Lipinski definition) is 1. The second kappa shape index (κ2) is 14.4. The van der Waals surface area contributed by atoms with Crippen molar-refractivity contribution in [3.63, 3.8) is 0 Å². The summed E-state index contributed by atoms with van der Waals surface area (Å²) < 4.78 is 6.06. The van der Waals surface area contributed by atoms with Gasteiger partial charge in [-0.1, -0.05) is 76.6 Å². The van der Waals surface area contributed by atoms with E-state index in [9.17, 15) is 9.90 Å². The molecule has 0 saturated heterocycles. The normalized spacial score (nSPS) is 13.6. The van der Waals surface area contributed by atoms with Crippen molar-refractivity contribution in [2.24, 2.45) is 0 Å². The van der Waals surface area contributed by atoms with Gasteiger partial charge in [-0.25, -0.2) is 0 Å². The van der Waals surface area contributed by atoms with Gasteiger partial charge >= 0.3 is 0 Å². The molecule has 0 radical (unpaired) electrons. The van der Waals surface area contributed by atoms with Crippen LogP contribution in [0.1, 0.15) is 113 Å². The van der Waals surface area contributed by atoms with E-state index in [2.05, 4.69) is 77.1 Å². The van der Waals surface area contributed by atoms with Crippen LogP contribution in [0.25, 0.3) is 6.08 Å². The molecule has 2 rings (SSSR count). The topological polar surface area (TPSA) is 46.5 Å². The summed E-state index contributed by atoms with van der Waals surface area (Å²) >= 11 is 0. The quantitative estimate of drug-likeness (QED) is 0.189. The lowest BCUT2D eigenvalue weighted by Crippen LogP contribution is -2.26. The molecule has 0 aliphatic rings. The summed E-state index contributed by atoms with van der Waals surface area (Å²) in [6.45, 7) is 13.7. The fourth-order valence-corrected chi connectivity index (χ4v) is 5.25. The van der Waals surface area contributed by atoms with Crippen LogP contribution in [0.5, 0.6) is 5.75 Å². The minimum absolute atomic E-state index is 0.0580. The summed E-state index contributed by atoms with van der Waals surface area (Å²) in [6, 6.07) is 13.5. The summed E-state index contributed by atoms with van der Waals surface area (Å²) in [7, 11) is 0. The van der Waals surface area contributed by atoms with Gasteiger partial charge in [0.25, 0.3) is 0 Å². The Bertz CT molecular complexity index is 986. The van der Waals surface area contributed by atoms with Crippen molar-refractivity contribution in [3.05, 3.63) is 70.3 Å². The van der Waals surface area contributed by atoms with Crippen molar-refractivity contribution in [2.45, 2.75) is 110 Å². The largest absolute Gasteiger partial charge is 0.493 e. The minimum atomic E-state index is -0.729. The molecule has 2 aromatic carbocycles. The molecule has 198 valence electrons. The second-order valence-electron chi connectivity index (χ2n) is 10.2. The van der Waals surface area contributed by atoms with Crippen LogP contribution in [0.4, 0.5) is 0 Å². The maximum absolute atomic E-state index is 10.8. The first-order chi connectivity index (χ1) is 17.3. The highest BCUT2D eigenvalue weighted by molar-refractivity contribution is 5.57. The molecule has 0 aromatic heterocycles. The van der Waals surface area contributed by atoms with Gasteiger partial charge in [-0.2, -0.15) is 0 Å². The van der Waals surface area contributed by atoms with E-state index < -0.39 is 5.60 Å². The van der Waals surface area contributed by atoms with Gasteiger partial charge in [-0.15, -0.1) is 0 Å². The van der Waals surface area contributed by atoms with Gasteiger partial charge < -0.3 is 14.6 Å². The van der Waals surface area contributed by atoms with Crippen LogP contribution in [0.3, 0.4) is 0 Å². The molecule has 1 atom stereocenters. The van der Waals surface area contributed by atoms with Gasteiger partial charge in [-0.05, 0) is 92.7 Å². The molecule has 0 fully saturated rings. The molecule has 1 N–H and O–H groups in total. The summed E-state index contributed by atoms with van der Waals surface area (Å²) in [5.41, 5.74) is 5.44. The van der Waals surface area contributed by atoms with E-state index in [1.807, 2.05) is 13.0 Å². The number of ether oxygens (including phenoxy) is 1. The lowest BCUT2D eigenvalue weighted by molar-refractivity contribution is -0.107. The smallest absolute Gasteiger partial charge is 0.122 e. The molecular weight excluding hydrogens is 444 g/mol. The fourth-order valence-electron chi connectivity index (χ4n) is 5.25. The van der Waals surface area contributed by atoms with E-state index >= 15 is 0 Å². The molecule has 0 saturated carbocycles. The standard InChI is InChI=1S/C33H48O3/c1-7-20-32(35,8-2)21-19-28-15-16-29(24-26(28)5)33(9-3,10-4)30-17-18-31(27(6)25-30)36-23-14-12-11-13-22-34/h15-19,21-22,24-25,35H,7-14,20,23H2,1-6H3/b21-19+. The van der Waals surface area contributed by atoms with Crippen LogP contribution in [0, 0.1) is 13.8 Å². The van der Waals surface area contributed by atoms with Crippen LogP contribution >= 0.6 is 0 Å². The highest BCUT2D eigenvalue weighted by Gasteiger charge is 2.31. The van der Waals surface area contributed by atoms with E-state index in [-0.39, 0.29) is 5.41 Å². The van der Waals surface area contributed by atoms with E-state index in [0.717, 1.165) is 74.5 Å². The van der Waals surface area contributed by atoms with Crippen LogP contribution in [-0.2, 0) is 10.2 Å². The second-order valence-corrected chi connectivity index (χ2v) is 10.2. The van der Waals surface area contributed by atoms with E-state index in [1.165, 1.54) is 16.7 Å². The van der Waals surface area contributed by atoms with Crippen molar-refractivity contribution in [3.8, 4) is 5.75 Å². The average molecular weight is 493 g/mol. The molecule has 0 bridgehead atoms. The Kier molecular flexibility index (Phi) is 11.9. The van der Waals surface area contributed by atoms with Crippen molar-refractivity contribution in [1.29, 1.82) is 0 Å². The third kappa shape index (κ3) is 7.56. The number of benzene rings is 2. The zero-order valence-corrected chi connectivity index (χ0v) is 23.5. The van der Waals surface area contributed by atoms with Crippen LogP contribution in [0.15, 0.2) is 42.5 Å². The number of hydrogen-bond acceptors (Lipinski definition) is 3. The van der Waals surface area contributed by atoms with Crippen LogP contribution < -0.4 is 4.74 Å². The SMILES string of the molecule is CCCC(O)(/C=C/c1ccc(C(CC)(CC)c2ccc(OCCCCCC=O)c(C)c2)cc1C)CC. The number of aldehydes is 1. The molecule has 1 unspecified atom stereocenters. The molecule has 3 heteroatoms. The first kappa shape index (κ1) is 29.8. The molecule has 0 heterocycles. The number of carbonyl (C=O) groups excluding carboxylic acids is 1. The number of carbonyl (C=O) groups is 1. The predicted octanol–water partition coefficient (Wildman–Crippen LogP) is 8.50. The first-order valence-corrected chi connectivity index (χ1v) is 14.0. The highest BCUT2D eigenvalue weighted by atomic mass is 16.5. The van der Waals surface area contributed by atoms with Crippen molar-refractivity contribution >= 4 is 12.4 Å². The molecule has 0 spiro atoms. The first-order valence-electron chi connectivity index (χ1n) is 14.0. The lowest BCUT2D eigenvalue weighted by atomic mass is 9.70. The molecule has 0 amide bonds. The maximum atomic E-state index is 10.8. The minimum Gasteiger partial charge on any atom is -0.493 e. The van der Waals surface area contributed by atoms with Gasteiger partial charge in [0.1, 0.15) is 12.0 Å². The van der Waals surface area contributed by atoms with Crippen LogP contribution in [-0.4, -0.2) is 23.6 Å². The summed E-state index contributed by atoms with van der Waals surface area (Å²) in [5, 5.41) is 10.8. The van der Waals surface area contributed by atoms with Gasteiger partial charge in [0.05, 0.1) is 12.2 Å². The molecule has 2 aromatic rings. The summed E-state index contributed by atoms with van der Waals surface area (Å²) in [4.78, 5) is 10.5. The molecule has 3 nitrogen and oxygen atoms in total. The third-order valence-electron chi connectivity index (χ3n) is 7.85. The van der Waals surface area contributed by atoms with Gasteiger partial charge in [0, 0.05) is 11.8 Å². The van der Waals surface area contributed by atoms with Gasteiger partial charge in [0.2, 0.25) is 0 Å². The lowest BCUT2D eigenvalue weighted by Gasteiger charge is -2.34. The molecule has 0 aliphatic heterocycles. The van der Waals surface area contributed by atoms with Crippen molar-refractivity contribution in [2.75, 3.05) is 6.61 Å². The number of rotatable bonds is 16. The Hall–Kier alpha value is -2.39. The van der Waals surface area contributed by atoms with Crippen LogP contribution in [0.2, 0.25) is 0 Å². The van der Waals surface area contributed by atoms with E-state index in [4.69, 9.17) is 4.74 Å².